The number of H-pyrrole nitrogens is 2. The average Bonchev–Trinajstić information content (AvgIpc) is 4.27. The van der Waals surface area contributed by atoms with Crippen LogP contribution in [0.3, 0.4) is 0 Å². The topological polar surface area (TPSA) is 289 Å². The number of nitrogens with zero attached hydrogens (tertiary/aromatic N) is 10. The number of carbonyl (C=O) groups is 6. The number of rotatable bonds is 16. The van der Waals surface area contributed by atoms with Crippen molar-refractivity contribution in [1.82, 2.24) is 70.4 Å². The van der Waals surface area contributed by atoms with Crippen molar-refractivity contribution < 1.29 is 47.7 Å². The molecule has 0 radical (unpaired) electrons. The number of alkyl carbamates (subject to hydrolysis) is 2. The molecule has 0 saturated carbocycles. The van der Waals surface area contributed by atoms with Crippen LogP contribution in [-0.4, -0.2) is 150 Å². The molecule has 384 valence electrons. The molecule has 2 unspecified atom stereocenters. The van der Waals surface area contributed by atoms with E-state index in [1.54, 1.807) is 31.6 Å². The highest BCUT2D eigenvalue weighted by molar-refractivity contribution is 5.88. The van der Waals surface area contributed by atoms with E-state index in [-0.39, 0.29) is 66.8 Å². The molecular formula is C49H58N14O10. The van der Waals surface area contributed by atoms with Gasteiger partial charge in [0.1, 0.15) is 17.7 Å². The normalized spacial score (nSPS) is 18.4. The second-order valence-corrected chi connectivity index (χ2v) is 18.5. The third-order valence-corrected chi connectivity index (χ3v) is 13.4. The molecule has 6 atom stereocenters. The van der Waals surface area contributed by atoms with E-state index in [0.717, 1.165) is 33.6 Å². The van der Waals surface area contributed by atoms with E-state index >= 15 is 0 Å². The van der Waals surface area contributed by atoms with E-state index in [4.69, 9.17) is 28.9 Å². The molecule has 4 aromatic heterocycles. The zero-order chi connectivity index (χ0) is 52.1. The lowest BCUT2D eigenvalue weighted by Gasteiger charge is -2.29. The second kappa shape index (κ2) is 21.9. The lowest BCUT2D eigenvalue weighted by atomic mass is 9.94. The highest BCUT2D eigenvalue weighted by Gasteiger charge is 2.44. The average molecular weight is 1000 g/mol. The number of carbonyl (C=O) groups excluding carboxylic acids is 6. The van der Waals surface area contributed by atoms with Gasteiger partial charge in [-0.3, -0.25) is 9.59 Å². The summed E-state index contributed by atoms with van der Waals surface area (Å²) in [5, 5.41) is 21.6. The third-order valence-electron chi connectivity index (χ3n) is 13.4. The van der Waals surface area contributed by atoms with E-state index in [1.165, 1.54) is 40.8 Å². The van der Waals surface area contributed by atoms with Crippen molar-refractivity contribution in [2.45, 2.75) is 70.7 Å². The monoisotopic (exact) mass is 1000 g/mol. The van der Waals surface area contributed by atoms with Crippen molar-refractivity contribution in [3.05, 3.63) is 96.4 Å². The fourth-order valence-electron chi connectivity index (χ4n) is 9.28. The van der Waals surface area contributed by atoms with Crippen molar-refractivity contribution in [3.63, 3.8) is 0 Å². The number of nitrogens with one attached hydrogen (secondary N) is 4. The Bertz CT molecular complexity index is 2940. The summed E-state index contributed by atoms with van der Waals surface area (Å²) in [7, 11) is 5.03. The Balaban J connectivity index is 0.986. The first-order chi connectivity index (χ1) is 35.1. The number of aromatic amines is 2. The molecule has 4 N–H and O–H groups in total. The summed E-state index contributed by atoms with van der Waals surface area (Å²) in [6.45, 7) is 8.03. The van der Waals surface area contributed by atoms with Gasteiger partial charge < -0.3 is 49.3 Å². The lowest BCUT2D eigenvalue weighted by molar-refractivity contribution is -0.138. The number of imidazole rings is 2. The molecule has 0 spiro atoms. The van der Waals surface area contributed by atoms with Gasteiger partial charge in [-0.2, -0.15) is 0 Å². The molecule has 2 saturated heterocycles. The van der Waals surface area contributed by atoms with Crippen molar-refractivity contribution in [2.24, 2.45) is 17.8 Å². The van der Waals surface area contributed by atoms with Crippen molar-refractivity contribution in [3.8, 4) is 33.6 Å². The minimum atomic E-state index is -0.887. The van der Waals surface area contributed by atoms with E-state index < -0.39 is 48.2 Å². The third kappa shape index (κ3) is 10.9. The Labute approximate surface area is 419 Å². The number of hydrogen-bond donors (Lipinski definition) is 4. The Morgan fingerprint density at radius 3 is 1.45 bits per heavy atom. The number of benzene rings is 2. The number of esters is 2. The Morgan fingerprint density at radius 1 is 0.603 bits per heavy atom. The van der Waals surface area contributed by atoms with Gasteiger partial charge in [-0.25, -0.2) is 38.5 Å². The van der Waals surface area contributed by atoms with Gasteiger partial charge in [0, 0.05) is 19.6 Å². The fourth-order valence-corrected chi connectivity index (χ4v) is 9.28. The zero-order valence-electron chi connectivity index (χ0n) is 41.6. The molecule has 24 nitrogen and oxygen atoms in total. The van der Waals surface area contributed by atoms with E-state index in [1.807, 2.05) is 76.2 Å². The van der Waals surface area contributed by atoms with E-state index in [2.05, 4.69) is 41.2 Å². The van der Waals surface area contributed by atoms with Gasteiger partial charge in [0.05, 0.1) is 94.7 Å². The summed E-state index contributed by atoms with van der Waals surface area (Å²) in [6.07, 6.45) is 5.89. The van der Waals surface area contributed by atoms with Crippen LogP contribution < -0.4 is 10.6 Å². The standard InChI is InChI=1S/C49H58N14O10/c1-26(2)34(19-52-48(68)72-7)44(64)60-22-32(62-24-37(56-58-62)46(66)70-5)17-39(60)42-50-20-35(53-42)30-13-9-28(10-14-30)29-11-15-31(16-12-29)36-21-51-43(54-36)40-18-33(63-25-38(57-59-63)47(67)71-6)23-61(40)45(65)41(27(3)4)55-49(69)73-8/h9-16,20-21,24-27,32-34,39-41H,17-19,22-23H2,1-8H3,(H,50,53)(H,51,54)(H,52,68)(H,55,69)/t32-,33-,34+,39?,40?,41+/m1/s1. The van der Waals surface area contributed by atoms with Crippen molar-refractivity contribution in [2.75, 3.05) is 48.1 Å². The number of methoxy groups -OCH3 is 4. The van der Waals surface area contributed by atoms with Gasteiger partial charge in [-0.15, -0.1) is 10.2 Å². The summed E-state index contributed by atoms with van der Waals surface area (Å²) in [5.41, 5.74) is 5.20. The van der Waals surface area contributed by atoms with Crippen LogP contribution >= 0.6 is 0 Å². The van der Waals surface area contributed by atoms with Crippen LogP contribution in [-0.2, 0) is 28.5 Å². The highest BCUT2D eigenvalue weighted by atomic mass is 16.5. The lowest BCUT2D eigenvalue weighted by Crippen LogP contribution is -2.51. The minimum Gasteiger partial charge on any atom is -0.464 e. The number of likely N-dealkylation sites (tertiary alicyclic amines) is 2. The van der Waals surface area contributed by atoms with Gasteiger partial charge in [0.15, 0.2) is 11.4 Å². The number of ether oxygens (including phenoxy) is 4. The van der Waals surface area contributed by atoms with E-state index in [0.29, 0.717) is 24.5 Å². The zero-order valence-corrected chi connectivity index (χ0v) is 41.6. The van der Waals surface area contributed by atoms with Gasteiger partial charge in [0.2, 0.25) is 11.8 Å². The van der Waals surface area contributed by atoms with Gasteiger partial charge >= 0.3 is 24.1 Å². The molecule has 0 bridgehead atoms. The first-order valence-electron chi connectivity index (χ1n) is 23.7. The summed E-state index contributed by atoms with van der Waals surface area (Å²) >= 11 is 0. The Morgan fingerprint density at radius 2 is 1.04 bits per heavy atom. The molecule has 24 heteroatoms. The number of hydrogen-bond acceptors (Lipinski definition) is 16. The first-order valence-corrected chi connectivity index (χ1v) is 23.7. The predicted octanol–water partition coefficient (Wildman–Crippen LogP) is 4.93. The van der Waals surface area contributed by atoms with Gasteiger partial charge in [-0.05, 0) is 46.9 Å². The van der Waals surface area contributed by atoms with Crippen LogP contribution in [0.25, 0.3) is 33.6 Å². The molecule has 2 aliphatic rings. The first kappa shape index (κ1) is 50.9. The van der Waals surface area contributed by atoms with Crippen molar-refractivity contribution >= 4 is 35.9 Å². The van der Waals surface area contributed by atoms with Crippen LogP contribution in [0.2, 0.25) is 0 Å². The molecule has 2 aromatic carbocycles. The fraction of sp³-hybridized carbons (Fsp3) is 0.429. The second-order valence-electron chi connectivity index (χ2n) is 18.5. The summed E-state index contributed by atoms with van der Waals surface area (Å²) < 4.78 is 22.3. The Kier molecular flexibility index (Phi) is 15.3. The highest BCUT2D eigenvalue weighted by Crippen LogP contribution is 2.40. The van der Waals surface area contributed by atoms with Crippen LogP contribution in [0.1, 0.15) is 97.3 Å². The molecule has 8 rings (SSSR count). The summed E-state index contributed by atoms with van der Waals surface area (Å²) in [6, 6.07) is 13.3. The number of aromatic nitrogens is 10. The maximum absolute atomic E-state index is 14.3. The summed E-state index contributed by atoms with van der Waals surface area (Å²) in [5.74, 6) is -1.62. The SMILES string of the molecule is COC(=O)NC[C@H](C(=O)N1C[C@H](n2cc(C(=O)OC)nn2)CC1c1ncc(-c2ccc(-c3ccc(-c4cnc(C5C[C@@H](n6cc(C(=O)OC)nn6)CN5C(=O)[C@@H](NC(=O)OC)C(C)C)[nH]4)cc3)cc2)[nH]1)C(C)C. The molecule has 6 aromatic rings. The molecular weight excluding hydrogens is 945 g/mol. The quantitative estimate of drug-likeness (QED) is 0.0739. The van der Waals surface area contributed by atoms with E-state index in [9.17, 15) is 28.8 Å². The minimum absolute atomic E-state index is 0.0361. The maximum atomic E-state index is 14.3. The van der Waals surface area contributed by atoms with Crippen molar-refractivity contribution in [1.29, 1.82) is 0 Å². The molecule has 6 heterocycles. The molecule has 73 heavy (non-hydrogen) atoms. The van der Waals surface area contributed by atoms with Gasteiger partial charge in [0.25, 0.3) is 0 Å². The molecule has 0 aliphatic carbocycles. The van der Waals surface area contributed by atoms with Gasteiger partial charge in [-0.1, -0.05) is 86.7 Å². The molecule has 4 amide bonds. The van der Waals surface area contributed by atoms with Crippen LogP contribution in [0.15, 0.2) is 73.3 Å². The van der Waals surface area contributed by atoms with Crippen LogP contribution in [0, 0.1) is 17.8 Å². The van der Waals surface area contributed by atoms with Crippen LogP contribution in [0.5, 0.6) is 0 Å². The largest absolute Gasteiger partial charge is 0.464 e. The molecule has 2 aliphatic heterocycles. The Hall–Kier alpha value is -8.44. The van der Waals surface area contributed by atoms with Crippen LogP contribution in [0.4, 0.5) is 9.59 Å². The predicted molar refractivity (Wildman–Crippen MR) is 259 cm³/mol. The summed E-state index contributed by atoms with van der Waals surface area (Å²) in [4.78, 5) is 97.0. The number of amides is 4. The smallest absolute Gasteiger partial charge is 0.407 e. The molecule has 2 fully saturated rings. The maximum Gasteiger partial charge on any atom is 0.407 e.